The second-order valence-electron chi connectivity index (χ2n) is 17.2. The number of halogens is 2. The Bertz CT molecular complexity index is 2970. The molecule has 0 spiro atoms. The van der Waals surface area contributed by atoms with Crippen molar-refractivity contribution in [2.45, 2.75) is 86.8 Å². The highest BCUT2D eigenvalue weighted by Crippen LogP contribution is 2.40. The first-order valence-corrected chi connectivity index (χ1v) is 24.6. The first-order valence-electron chi connectivity index (χ1n) is 20.2. The molecule has 0 fully saturated rings. The summed E-state index contributed by atoms with van der Waals surface area (Å²) >= 11 is 0. The molecule has 12 nitrogen and oxygen atoms in total. The molecule has 3 aromatic carbocycles. The summed E-state index contributed by atoms with van der Waals surface area (Å²) in [6, 6.07) is 17.8. The average Bonchev–Trinajstić information content (AvgIpc) is 3.83. The molecule has 0 radical (unpaired) electrons. The standard InChI is InChI=1S/C45H49F2N5O7S3/c1-28-12-15-32(16-13-28)62(57,58)52-22-18-33-34-19-23-61(55,56)27-44(3,4)20-9-21-45(5,39-11-8-10-30(48-39)24-29(2)42(53)59-7)43-49-41(51(6)50-43)35-25-31(14-17-36(35)46)60(54)40(34)37(47)26-38(33)52/h8,10-18,22,25-26,29H,9,19-21,23-24,27H2,1-7H3. The highest BCUT2D eigenvalue weighted by molar-refractivity contribution is 7.91. The third-order valence-corrected chi connectivity index (χ3v) is 16.9. The van der Waals surface area contributed by atoms with Gasteiger partial charge < -0.3 is 4.74 Å². The number of esters is 1. The van der Waals surface area contributed by atoms with Gasteiger partial charge in [0.25, 0.3) is 10.0 Å². The zero-order valence-corrected chi connectivity index (χ0v) is 38.1. The molecule has 6 aromatic rings. The van der Waals surface area contributed by atoms with E-state index in [0.717, 1.165) is 21.7 Å². The van der Waals surface area contributed by atoms with Crippen LogP contribution in [0.5, 0.6) is 0 Å². The third-order valence-electron chi connectivity index (χ3n) is 11.7. The number of aryl methyl sites for hydroxylation is 3. The molecule has 0 N–H and O–H groups in total. The molecule has 62 heavy (non-hydrogen) atoms. The number of hydrogen-bond donors (Lipinski definition) is 0. The molecule has 0 saturated heterocycles. The van der Waals surface area contributed by atoms with Gasteiger partial charge in [-0.15, -0.1) is 0 Å². The number of fused-ring (bicyclic) bond motifs is 8. The minimum absolute atomic E-state index is 0.000813. The molecule has 4 heterocycles. The summed E-state index contributed by atoms with van der Waals surface area (Å²) in [5.74, 6) is -2.80. The minimum atomic E-state index is -4.23. The van der Waals surface area contributed by atoms with Crippen LogP contribution in [0.3, 0.4) is 0 Å². The first kappa shape index (κ1) is 44.9. The lowest BCUT2D eigenvalue weighted by molar-refractivity contribution is -0.144. The Morgan fingerprint density at radius 2 is 1.71 bits per heavy atom. The molecular weight excluding hydrogens is 857 g/mol. The van der Waals surface area contributed by atoms with Crippen LogP contribution in [-0.4, -0.2) is 69.4 Å². The molecule has 0 saturated carbocycles. The number of rotatable bonds is 6. The molecular formula is C45H49F2N5O7S3. The first-order chi connectivity index (χ1) is 29.1. The van der Waals surface area contributed by atoms with Crippen molar-refractivity contribution >= 4 is 47.5 Å². The second-order valence-corrected chi connectivity index (χ2v) is 22.6. The second kappa shape index (κ2) is 16.9. The molecule has 4 bridgehead atoms. The van der Waals surface area contributed by atoms with Crippen molar-refractivity contribution in [2.75, 3.05) is 18.6 Å². The molecule has 0 amide bonds. The average molecular weight is 906 g/mol. The smallest absolute Gasteiger partial charge is 0.308 e. The maximum Gasteiger partial charge on any atom is 0.308 e. The summed E-state index contributed by atoms with van der Waals surface area (Å²) in [7, 11) is -7.51. The normalized spacial score (nSPS) is 19.9. The van der Waals surface area contributed by atoms with Crippen molar-refractivity contribution in [2.24, 2.45) is 18.4 Å². The maximum absolute atomic E-state index is 16.7. The fourth-order valence-electron chi connectivity index (χ4n) is 8.29. The van der Waals surface area contributed by atoms with E-state index in [9.17, 15) is 25.8 Å². The van der Waals surface area contributed by atoms with E-state index in [2.05, 4.69) is 0 Å². The van der Waals surface area contributed by atoms with Crippen LogP contribution in [0.25, 0.3) is 22.3 Å². The van der Waals surface area contributed by atoms with E-state index in [1.165, 1.54) is 48.3 Å². The number of ether oxygens (including phenoxy) is 1. The third kappa shape index (κ3) is 8.75. The number of carbonyl (C=O) groups is 1. The van der Waals surface area contributed by atoms with Gasteiger partial charge >= 0.3 is 5.97 Å². The number of aromatic nitrogens is 5. The van der Waals surface area contributed by atoms with Gasteiger partial charge in [-0.3, -0.25) is 9.78 Å². The van der Waals surface area contributed by atoms with E-state index in [4.69, 9.17) is 19.8 Å². The van der Waals surface area contributed by atoms with Gasteiger partial charge in [-0.2, -0.15) is 5.10 Å². The van der Waals surface area contributed by atoms with Crippen LogP contribution >= 0.6 is 0 Å². The highest BCUT2D eigenvalue weighted by Gasteiger charge is 2.38. The van der Waals surface area contributed by atoms with Crippen molar-refractivity contribution in [3.8, 4) is 11.4 Å². The molecule has 3 atom stereocenters. The zero-order valence-electron chi connectivity index (χ0n) is 35.6. The molecule has 17 heteroatoms. The number of carbonyl (C=O) groups excluding carboxylic acids is 1. The van der Waals surface area contributed by atoms with Crippen LogP contribution in [0, 0.1) is 29.9 Å². The van der Waals surface area contributed by atoms with Gasteiger partial charge in [-0.25, -0.2) is 43.5 Å². The van der Waals surface area contributed by atoms with E-state index < -0.39 is 64.8 Å². The largest absolute Gasteiger partial charge is 0.469 e. The SMILES string of the molecule is COC(=O)C(C)Cc1cccc(C2(C)CCCC(C)(C)CS(=O)(=O)CCc3c(c(F)cc4c3ccn4S(=O)(=O)c3ccc(C)cc3)S(=O)c3ccc(F)c(c3)-c3nc2nn3C)n1. The Morgan fingerprint density at radius 1 is 0.984 bits per heavy atom. The summed E-state index contributed by atoms with van der Waals surface area (Å²) in [5, 5.41) is 4.99. The molecule has 328 valence electrons. The molecule has 1 aliphatic heterocycles. The fraction of sp³-hybridized carbons (Fsp3) is 0.378. The summed E-state index contributed by atoms with van der Waals surface area (Å²) in [5.41, 5.74) is 0.313. The number of pyridine rings is 1. The van der Waals surface area contributed by atoms with E-state index in [-0.39, 0.29) is 60.7 Å². The van der Waals surface area contributed by atoms with Crippen LogP contribution < -0.4 is 0 Å². The number of hydrogen-bond acceptors (Lipinski definition) is 10. The lowest BCUT2D eigenvalue weighted by atomic mass is 9.78. The van der Waals surface area contributed by atoms with Crippen molar-refractivity contribution in [3.05, 3.63) is 119 Å². The lowest BCUT2D eigenvalue weighted by Crippen LogP contribution is -2.30. The van der Waals surface area contributed by atoms with Gasteiger partial charge in [-0.05, 0) is 92.6 Å². The summed E-state index contributed by atoms with van der Waals surface area (Å²) in [6.45, 7) is 9.20. The van der Waals surface area contributed by atoms with Crippen LogP contribution in [0.4, 0.5) is 8.78 Å². The van der Waals surface area contributed by atoms with Gasteiger partial charge in [0.05, 0.1) is 67.3 Å². The van der Waals surface area contributed by atoms with Crippen molar-refractivity contribution in [3.63, 3.8) is 0 Å². The zero-order chi connectivity index (χ0) is 44.9. The van der Waals surface area contributed by atoms with Crippen molar-refractivity contribution < 1.29 is 39.4 Å². The topological polar surface area (TPSA) is 160 Å². The number of sulfone groups is 1. The van der Waals surface area contributed by atoms with E-state index in [1.807, 2.05) is 45.9 Å². The Morgan fingerprint density at radius 3 is 2.42 bits per heavy atom. The van der Waals surface area contributed by atoms with Gasteiger partial charge in [0.2, 0.25) is 0 Å². The van der Waals surface area contributed by atoms with E-state index in [1.54, 1.807) is 26.1 Å². The van der Waals surface area contributed by atoms with Crippen molar-refractivity contribution in [1.82, 2.24) is 23.7 Å². The van der Waals surface area contributed by atoms with Gasteiger partial charge in [0.15, 0.2) is 21.5 Å². The summed E-state index contributed by atoms with van der Waals surface area (Å²) in [6.07, 6.45) is 2.69. The monoisotopic (exact) mass is 905 g/mol. The molecule has 3 unspecified atom stereocenters. The molecule has 3 aromatic heterocycles. The highest BCUT2D eigenvalue weighted by atomic mass is 32.2. The number of nitrogens with zero attached hydrogens (tertiary/aromatic N) is 5. The maximum atomic E-state index is 16.7. The predicted molar refractivity (Wildman–Crippen MR) is 232 cm³/mol. The molecule has 0 aliphatic carbocycles. The van der Waals surface area contributed by atoms with E-state index >= 15 is 8.78 Å². The Labute approximate surface area is 363 Å². The molecule has 1 aliphatic rings. The Hall–Kier alpha value is -5.13. The van der Waals surface area contributed by atoms with Crippen LogP contribution in [-0.2, 0) is 65.5 Å². The van der Waals surface area contributed by atoms with Crippen LogP contribution in [0.15, 0.2) is 93.7 Å². The van der Waals surface area contributed by atoms with Gasteiger partial charge in [0, 0.05) is 41.7 Å². The Kier molecular flexibility index (Phi) is 12.2. The van der Waals surface area contributed by atoms with Gasteiger partial charge in [0.1, 0.15) is 11.6 Å². The fourth-order valence-corrected chi connectivity index (χ4v) is 12.9. The van der Waals surface area contributed by atoms with E-state index in [0.29, 0.717) is 42.9 Å². The quantitative estimate of drug-likeness (QED) is 0.152. The van der Waals surface area contributed by atoms with Crippen LogP contribution in [0.1, 0.15) is 75.3 Å². The van der Waals surface area contributed by atoms with Crippen molar-refractivity contribution in [1.29, 1.82) is 0 Å². The van der Waals surface area contributed by atoms with Crippen LogP contribution in [0.2, 0.25) is 0 Å². The number of benzene rings is 3. The Balaban J connectivity index is 1.39. The van der Waals surface area contributed by atoms with Gasteiger partial charge in [-0.1, -0.05) is 51.0 Å². The summed E-state index contributed by atoms with van der Waals surface area (Å²) < 4.78 is 110. The minimum Gasteiger partial charge on any atom is -0.469 e. The lowest BCUT2D eigenvalue weighted by Gasteiger charge is -2.30. The summed E-state index contributed by atoms with van der Waals surface area (Å²) in [4.78, 5) is 21.7. The predicted octanol–water partition coefficient (Wildman–Crippen LogP) is 7.65. The number of methoxy groups -OCH3 is 1. The molecule has 7 rings (SSSR count).